The molecule has 1 fully saturated rings. The van der Waals surface area contributed by atoms with Crippen LogP contribution in [0.3, 0.4) is 0 Å². The van der Waals surface area contributed by atoms with Gasteiger partial charge < -0.3 is 14.7 Å². The van der Waals surface area contributed by atoms with Gasteiger partial charge in [0.1, 0.15) is 5.82 Å². The number of anilines is 3. The summed E-state index contributed by atoms with van der Waals surface area (Å²) < 4.78 is 0. The second kappa shape index (κ2) is 6.11. The number of hydrogen-bond acceptors (Lipinski definition) is 5. The van der Waals surface area contributed by atoms with Crippen LogP contribution in [0.1, 0.15) is 12.5 Å². The highest BCUT2D eigenvalue weighted by atomic mass is 16.1. The predicted octanol–water partition coefficient (Wildman–Crippen LogP) is 1.84. The molecule has 0 saturated carbocycles. The van der Waals surface area contributed by atoms with Crippen LogP contribution in [0.25, 0.3) is 0 Å². The number of fused-ring (bicyclic) bond motifs is 1. The summed E-state index contributed by atoms with van der Waals surface area (Å²) in [5.41, 5.74) is 2.55. The highest BCUT2D eigenvalue weighted by molar-refractivity contribution is 5.67. The van der Waals surface area contributed by atoms with Gasteiger partial charge in [0.15, 0.2) is 0 Å². The molecule has 124 valence electrons. The summed E-state index contributed by atoms with van der Waals surface area (Å²) >= 11 is 0. The van der Waals surface area contributed by atoms with Gasteiger partial charge in [-0.3, -0.25) is 4.79 Å². The Bertz CT molecular complexity index is 742. The molecule has 4 rings (SSSR count). The normalized spacial score (nSPS) is 20.2. The Morgan fingerprint density at radius 3 is 2.71 bits per heavy atom. The average molecular weight is 323 g/mol. The summed E-state index contributed by atoms with van der Waals surface area (Å²) in [6.07, 6.45) is 3.77. The Kier molecular flexibility index (Phi) is 3.80. The fraction of sp³-hybridized carbons (Fsp3) is 0.389. The minimum absolute atomic E-state index is 0.351. The molecular weight excluding hydrogens is 302 g/mol. The van der Waals surface area contributed by atoms with Crippen molar-refractivity contribution in [3.8, 4) is 0 Å². The van der Waals surface area contributed by atoms with Gasteiger partial charge in [0.25, 0.3) is 0 Å². The minimum Gasteiger partial charge on any atom is -0.353 e. The molecule has 3 heterocycles. The molecule has 6 nitrogen and oxygen atoms in total. The number of para-hydroxylation sites is 1. The highest BCUT2D eigenvalue weighted by Gasteiger charge is 2.29. The first-order valence-corrected chi connectivity index (χ1v) is 8.41. The first-order valence-electron chi connectivity index (χ1n) is 8.41. The van der Waals surface area contributed by atoms with Crippen molar-refractivity contribution in [1.82, 2.24) is 14.9 Å². The zero-order valence-electron chi connectivity index (χ0n) is 13.8. The first kappa shape index (κ1) is 14.9. The van der Waals surface area contributed by atoms with Crippen molar-refractivity contribution >= 4 is 23.9 Å². The van der Waals surface area contributed by atoms with Crippen LogP contribution in [0, 0.1) is 0 Å². The maximum Gasteiger partial charge on any atom is 0.232 e. The van der Waals surface area contributed by atoms with Gasteiger partial charge in [0.05, 0.1) is 0 Å². The van der Waals surface area contributed by atoms with Crippen LogP contribution in [-0.2, 0) is 11.2 Å². The van der Waals surface area contributed by atoms with Gasteiger partial charge in [0.2, 0.25) is 12.4 Å². The lowest BCUT2D eigenvalue weighted by molar-refractivity contribution is -0.118. The van der Waals surface area contributed by atoms with Gasteiger partial charge in [-0.2, -0.15) is 4.98 Å². The summed E-state index contributed by atoms with van der Waals surface area (Å²) in [6, 6.07) is 10.8. The molecule has 24 heavy (non-hydrogen) atoms. The number of piperazine rings is 1. The van der Waals surface area contributed by atoms with Crippen LogP contribution >= 0.6 is 0 Å². The van der Waals surface area contributed by atoms with Crippen molar-refractivity contribution in [2.45, 2.75) is 19.4 Å². The summed E-state index contributed by atoms with van der Waals surface area (Å²) in [6.45, 7) is 5.30. The molecule has 0 radical (unpaired) electrons. The lowest BCUT2D eigenvalue weighted by atomic mass is 10.1. The van der Waals surface area contributed by atoms with Crippen molar-refractivity contribution in [3.05, 3.63) is 42.1 Å². The van der Waals surface area contributed by atoms with E-state index in [9.17, 15) is 4.79 Å². The number of amides is 1. The fourth-order valence-electron chi connectivity index (χ4n) is 3.56. The average Bonchev–Trinajstić information content (AvgIpc) is 2.97. The summed E-state index contributed by atoms with van der Waals surface area (Å²) in [4.78, 5) is 26.4. The molecule has 1 saturated heterocycles. The Morgan fingerprint density at radius 1 is 1.12 bits per heavy atom. The van der Waals surface area contributed by atoms with Gasteiger partial charge in [-0.25, -0.2) is 4.98 Å². The van der Waals surface area contributed by atoms with Crippen LogP contribution in [-0.4, -0.2) is 53.5 Å². The Hall–Kier alpha value is -2.63. The molecule has 2 aromatic rings. The van der Waals surface area contributed by atoms with E-state index < -0.39 is 0 Å². The predicted molar refractivity (Wildman–Crippen MR) is 93.6 cm³/mol. The fourth-order valence-corrected chi connectivity index (χ4v) is 3.56. The van der Waals surface area contributed by atoms with E-state index in [1.807, 2.05) is 12.3 Å². The summed E-state index contributed by atoms with van der Waals surface area (Å²) in [5, 5.41) is 0. The molecule has 6 heteroatoms. The molecule has 0 spiro atoms. The molecule has 1 unspecified atom stereocenters. The van der Waals surface area contributed by atoms with Crippen LogP contribution in [0.4, 0.5) is 17.5 Å². The Labute approximate surface area is 141 Å². The lowest BCUT2D eigenvalue weighted by Crippen LogP contribution is -2.46. The number of rotatable bonds is 3. The van der Waals surface area contributed by atoms with E-state index in [-0.39, 0.29) is 0 Å². The maximum atomic E-state index is 10.9. The molecule has 1 aromatic carbocycles. The van der Waals surface area contributed by atoms with E-state index in [4.69, 9.17) is 4.98 Å². The monoisotopic (exact) mass is 323 g/mol. The Balaban J connectivity index is 1.61. The van der Waals surface area contributed by atoms with Crippen molar-refractivity contribution in [1.29, 1.82) is 0 Å². The van der Waals surface area contributed by atoms with E-state index in [0.717, 1.165) is 50.8 Å². The van der Waals surface area contributed by atoms with Crippen molar-refractivity contribution in [2.24, 2.45) is 0 Å². The number of hydrogen-bond donors (Lipinski definition) is 0. The Morgan fingerprint density at radius 2 is 1.92 bits per heavy atom. The van der Waals surface area contributed by atoms with Gasteiger partial charge in [-0.15, -0.1) is 0 Å². The number of aromatic nitrogens is 2. The maximum absolute atomic E-state index is 10.9. The van der Waals surface area contributed by atoms with E-state index in [0.29, 0.717) is 6.04 Å². The largest absolute Gasteiger partial charge is 0.353 e. The third kappa shape index (κ3) is 2.58. The molecule has 2 aliphatic heterocycles. The van der Waals surface area contributed by atoms with Crippen molar-refractivity contribution in [2.75, 3.05) is 36.0 Å². The quantitative estimate of drug-likeness (QED) is 0.807. The number of carbonyl (C=O) groups excluding carboxylic acids is 1. The van der Waals surface area contributed by atoms with Crippen LogP contribution in [0.2, 0.25) is 0 Å². The second-order valence-electron chi connectivity index (χ2n) is 6.40. The SMILES string of the molecule is CC1Cc2ccccc2N1c1nccc(N2CCN(C=O)CC2)n1. The topological polar surface area (TPSA) is 52.6 Å². The molecule has 0 bridgehead atoms. The summed E-state index contributed by atoms with van der Waals surface area (Å²) in [7, 11) is 0. The molecule has 1 atom stereocenters. The first-order chi connectivity index (χ1) is 11.8. The minimum atomic E-state index is 0.351. The number of benzene rings is 1. The molecule has 1 aromatic heterocycles. The van der Waals surface area contributed by atoms with Crippen molar-refractivity contribution in [3.63, 3.8) is 0 Å². The second-order valence-corrected chi connectivity index (χ2v) is 6.40. The smallest absolute Gasteiger partial charge is 0.232 e. The van der Waals surface area contributed by atoms with Crippen LogP contribution < -0.4 is 9.80 Å². The van der Waals surface area contributed by atoms with Crippen LogP contribution in [0.5, 0.6) is 0 Å². The lowest BCUT2D eigenvalue weighted by Gasteiger charge is -2.33. The van der Waals surface area contributed by atoms with E-state index in [1.54, 1.807) is 4.90 Å². The zero-order valence-corrected chi connectivity index (χ0v) is 13.8. The van der Waals surface area contributed by atoms with Gasteiger partial charge in [-0.1, -0.05) is 18.2 Å². The third-order valence-electron chi connectivity index (χ3n) is 4.84. The van der Waals surface area contributed by atoms with E-state index >= 15 is 0 Å². The van der Waals surface area contributed by atoms with E-state index in [2.05, 4.69) is 46.0 Å². The van der Waals surface area contributed by atoms with E-state index in [1.165, 1.54) is 11.3 Å². The van der Waals surface area contributed by atoms with Gasteiger partial charge >= 0.3 is 0 Å². The number of nitrogens with zero attached hydrogens (tertiary/aromatic N) is 5. The van der Waals surface area contributed by atoms with Gasteiger partial charge in [-0.05, 0) is 31.0 Å². The van der Waals surface area contributed by atoms with Crippen LogP contribution in [0.15, 0.2) is 36.5 Å². The standard InChI is InChI=1S/C18H21N5O/c1-14-12-15-4-2-3-5-16(15)23(14)18-19-7-6-17(20-18)22-10-8-21(13-24)9-11-22/h2-7,13-14H,8-12H2,1H3. The molecular formula is C18H21N5O. The molecule has 1 amide bonds. The molecule has 2 aliphatic rings. The third-order valence-corrected chi connectivity index (χ3v) is 4.84. The molecule has 0 aliphatic carbocycles. The molecule has 0 N–H and O–H groups in total. The van der Waals surface area contributed by atoms with Gasteiger partial charge in [0, 0.05) is 44.1 Å². The van der Waals surface area contributed by atoms with Crippen molar-refractivity contribution < 1.29 is 4.79 Å². The number of carbonyl (C=O) groups is 1. The zero-order chi connectivity index (χ0) is 16.5. The summed E-state index contributed by atoms with van der Waals surface area (Å²) in [5.74, 6) is 1.69. The highest BCUT2D eigenvalue weighted by Crippen LogP contribution is 2.36.